The SMILES string of the molecule is C=CCC1(S)NNC(=O)C(=O)N1. The maximum Gasteiger partial charge on any atom is 0.323 e. The molecule has 1 aliphatic heterocycles. The van der Waals surface area contributed by atoms with Gasteiger partial charge < -0.3 is 5.32 Å². The van der Waals surface area contributed by atoms with Crippen molar-refractivity contribution in [3.63, 3.8) is 0 Å². The number of rotatable bonds is 2. The second kappa shape index (κ2) is 3.16. The fourth-order valence-electron chi connectivity index (χ4n) is 0.804. The van der Waals surface area contributed by atoms with Gasteiger partial charge in [-0.2, -0.15) is 5.43 Å². The molecule has 0 spiro atoms. The van der Waals surface area contributed by atoms with Crippen molar-refractivity contribution in [2.24, 2.45) is 0 Å². The molecule has 1 rings (SSSR count). The molecule has 0 bridgehead atoms. The summed E-state index contributed by atoms with van der Waals surface area (Å²) in [5.41, 5.74) is 4.72. The van der Waals surface area contributed by atoms with Crippen LogP contribution in [0.25, 0.3) is 0 Å². The molecule has 5 nitrogen and oxygen atoms in total. The monoisotopic (exact) mass is 187 g/mol. The molecule has 1 saturated heterocycles. The van der Waals surface area contributed by atoms with Crippen molar-refractivity contribution in [1.82, 2.24) is 16.2 Å². The molecule has 0 aromatic heterocycles. The van der Waals surface area contributed by atoms with E-state index in [9.17, 15) is 9.59 Å². The average Bonchev–Trinajstić information content (AvgIpc) is 1.98. The quantitative estimate of drug-likeness (QED) is 0.252. The van der Waals surface area contributed by atoms with E-state index < -0.39 is 16.8 Å². The largest absolute Gasteiger partial charge is 0.323 e. The summed E-state index contributed by atoms with van der Waals surface area (Å²) in [5, 5.41) is 2.37. The molecule has 0 aliphatic carbocycles. The zero-order chi connectivity index (χ0) is 9.19. The minimum Gasteiger partial charge on any atom is -0.320 e. The predicted molar refractivity (Wildman–Crippen MR) is 46.0 cm³/mol. The van der Waals surface area contributed by atoms with Crippen molar-refractivity contribution in [3.8, 4) is 0 Å². The highest BCUT2D eigenvalue weighted by molar-refractivity contribution is 7.81. The summed E-state index contributed by atoms with van der Waals surface area (Å²) in [6.45, 7) is 3.49. The van der Waals surface area contributed by atoms with Crippen molar-refractivity contribution >= 4 is 24.4 Å². The van der Waals surface area contributed by atoms with Crippen LogP contribution in [0.1, 0.15) is 6.42 Å². The van der Waals surface area contributed by atoms with E-state index in [-0.39, 0.29) is 0 Å². The maximum absolute atomic E-state index is 10.8. The van der Waals surface area contributed by atoms with E-state index in [1.54, 1.807) is 6.08 Å². The van der Waals surface area contributed by atoms with Gasteiger partial charge in [0, 0.05) is 6.42 Å². The molecule has 12 heavy (non-hydrogen) atoms. The highest BCUT2D eigenvalue weighted by Gasteiger charge is 2.34. The van der Waals surface area contributed by atoms with E-state index in [0.717, 1.165) is 0 Å². The van der Waals surface area contributed by atoms with Crippen LogP contribution < -0.4 is 16.2 Å². The van der Waals surface area contributed by atoms with Crippen LogP contribution in [0, 0.1) is 0 Å². The molecular formula is C6H9N3O2S. The van der Waals surface area contributed by atoms with Crippen LogP contribution in [0.4, 0.5) is 0 Å². The van der Waals surface area contributed by atoms with E-state index in [1.807, 2.05) is 0 Å². The molecule has 0 radical (unpaired) electrons. The van der Waals surface area contributed by atoms with Gasteiger partial charge in [-0.1, -0.05) is 6.08 Å². The number of hydrogen-bond donors (Lipinski definition) is 4. The number of carbonyl (C=O) groups excluding carboxylic acids is 2. The van der Waals surface area contributed by atoms with Crippen LogP contribution in [-0.4, -0.2) is 16.8 Å². The summed E-state index contributed by atoms with van der Waals surface area (Å²) >= 11 is 4.10. The zero-order valence-corrected chi connectivity index (χ0v) is 7.15. The lowest BCUT2D eigenvalue weighted by atomic mass is 10.3. The molecule has 1 aliphatic rings. The molecule has 1 fully saturated rings. The number of thiol groups is 1. The summed E-state index contributed by atoms with van der Waals surface area (Å²) in [5.74, 6) is -1.42. The molecule has 0 saturated carbocycles. The summed E-state index contributed by atoms with van der Waals surface area (Å²) in [4.78, 5) is 20.6. The van der Waals surface area contributed by atoms with Gasteiger partial charge in [0.15, 0.2) is 4.99 Å². The number of nitrogens with one attached hydrogen (secondary N) is 3. The van der Waals surface area contributed by atoms with Crippen LogP contribution in [0.2, 0.25) is 0 Å². The Hall–Kier alpha value is -1.01. The highest BCUT2D eigenvalue weighted by Crippen LogP contribution is 2.12. The number of hydrazine groups is 1. The first-order chi connectivity index (χ1) is 5.57. The van der Waals surface area contributed by atoms with E-state index in [2.05, 4.69) is 35.4 Å². The second-order valence-corrected chi connectivity index (χ2v) is 3.15. The Morgan fingerprint density at radius 3 is 2.67 bits per heavy atom. The summed E-state index contributed by atoms with van der Waals surface area (Å²) in [6, 6.07) is 0. The average molecular weight is 187 g/mol. The van der Waals surface area contributed by atoms with Crippen molar-refractivity contribution in [3.05, 3.63) is 12.7 Å². The van der Waals surface area contributed by atoms with Crippen LogP contribution in [0.5, 0.6) is 0 Å². The van der Waals surface area contributed by atoms with E-state index >= 15 is 0 Å². The first kappa shape index (κ1) is 9.08. The van der Waals surface area contributed by atoms with Gasteiger partial charge in [0.25, 0.3) is 0 Å². The molecule has 0 aromatic carbocycles. The fraction of sp³-hybridized carbons (Fsp3) is 0.333. The lowest BCUT2D eigenvalue weighted by molar-refractivity contribution is -0.143. The van der Waals surface area contributed by atoms with Gasteiger partial charge in [0.1, 0.15) is 0 Å². The molecule has 2 amide bonds. The minimum absolute atomic E-state index is 0.405. The normalized spacial score (nSPS) is 29.1. The molecule has 1 atom stereocenters. The number of amides is 2. The third-order valence-electron chi connectivity index (χ3n) is 1.35. The van der Waals surface area contributed by atoms with E-state index in [1.165, 1.54) is 0 Å². The summed E-state index contributed by atoms with van der Waals surface area (Å²) < 4.78 is 0. The topological polar surface area (TPSA) is 70.2 Å². The maximum atomic E-state index is 10.8. The van der Waals surface area contributed by atoms with Gasteiger partial charge in [-0.25, -0.2) is 0 Å². The number of carbonyl (C=O) groups is 2. The van der Waals surface area contributed by atoms with Gasteiger partial charge in [-0.3, -0.25) is 15.0 Å². The van der Waals surface area contributed by atoms with Gasteiger partial charge >= 0.3 is 11.8 Å². The van der Waals surface area contributed by atoms with Crippen molar-refractivity contribution in [2.75, 3.05) is 0 Å². The molecule has 6 heteroatoms. The van der Waals surface area contributed by atoms with Crippen LogP contribution in [-0.2, 0) is 9.59 Å². The third kappa shape index (κ3) is 1.77. The third-order valence-corrected chi connectivity index (χ3v) is 1.76. The Bertz CT molecular complexity index is 243. The molecule has 3 N–H and O–H groups in total. The van der Waals surface area contributed by atoms with Crippen LogP contribution in [0.15, 0.2) is 12.7 Å². The first-order valence-electron chi connectivity index (χ1n) is 3.30. The summed E-state index contributed by atoms with van der Waals surface area (Å²) in [6.07, 6.45) is 1.99. The van der Waals surface area contributed by atoms with Gasteiger partial charge in [0.05, 0.1) is 0 Å². The lowest BCUT2D eigenvalue weighted by Gasteiger charge is -2.33. The van der Waals surface area contributed by atoms with Crippen molar-refractivity contribution < 1.29 is 9.59 Å². The Kier molecular flexibility index (Phi) is 2.39. The molecule has 66 valence electrons. The highest BCUT2D eigenvalue weighted by atomic mass is 32.1. The Balaban J connectivity index is 2.66. The van der Waals surface area contributed by atoms with Gasteiger partial charge in [-0.05, 0) is 0 Å². The van der Waals surface area contributed by atoms with Gasteiger partial charge in [0.2, 0.25) is 0 Å². The number of hydrogen-bond acceptors (Lipinski definition) is 4. The van der Waals surface area contributed by atoms with Crippen LogP contribution >= 0.6 is 12.6 Å². The Labute approximate surface area is 75.0 Å². The Morgan fingerprint density at radius 1 is 1.50 bits per heavy atom. The lowest BCUT2D eigenvalue weighted by Crippen LogP contribution is -2.68. The smallest absolute Gasteiger partial charge is 0.320 e. The second-order valence-electron chi connectivity index (χ2n) is 2.39. The fourth-order valence-corrected chi connectivity index (χ4v) is 1.09. The van der Waals surface area contributed by atoms with Crippen molar-refractivity contribution in [2.45, 2.75) is 11.4 Å². The molecule has 1 heterocycles. The van der Waals surface area contributed by atoms with Gasteiger partial charge in [-0.15, -0.1) is 19.2 Å². The molecular weight excluding hydrogens is 178 g/mol. The minimum atomic E-state index is -0.924. The molecule has 1 unspecified atom stereocenters. The Morgan fingerprint density at radius 2 is 2.17 bits per heavy atom. The summed E-state index contributed by atoms with van der Waals surface area (Å²) in [7, 11) is 0. The zero-order valence-electron chi connectivity index (χ0n) is 6.26. The standard InChI is InChI=1S/C6H9N3O2S/c1-2-3-6(12)7-4(10)5(11)8-9-6/h2,9,12H,1,3H2,(H,7,10)(H,8,11). The van der Waals surface area contributed by atoms with E-state index in [4.69, 9.17) is 0 Å². The van der Waals surface area contributed by atoms with Crippen LogP contribution in [0.3, 0.4) is 0 Å². The first-order valence-corrected chi connectivity index (χ1v) is 3.75. The van der Waals surface area contributed by atoms with Crippen molar-refractivity contribution in [1.29, 1.82) is 0 Å². The molecule has 0 aromatic rings. The predicted octanol–water partition coefficient (Wildman–Crippen LogP) is -1.10. The van der Waals surface area contributed by atoms with E-state index in [0.29, 0.717) is 6.42 Å².